The Kier molecular flexibility index (Phi) is 6.57. The molecular weight excluding hydrogens is 358 g/mol. The Bertz CT molecular complexity index is 886. The van der Waals surface area contributed by atoms with Crippen LogP contribution in [-0.4, -0.2) is 35.4 Å². The van der Waals surface area contributed by atoms with Gasteiger partial charge in [0.15, 0.2) is 0 Å². The predicted molar refractivity (Wildman–Crippen MR) is 110 cm³/mol. The maximum absolute atomic E-state index is 12.2. The highest BCUT2D eigenvalue weighted by Crippen LogP contribution is 2.28. The Labute approximate surface area is 163 Å². The average Bonchev–Trinajstić information content (AvgIpc) is 3.35. The molecule has 2 aromatic heterocycles. The molecule has 6 heteroatoms. The minimum absolute atomic E-state index is 0.0610. The van der Waals surface area contributed by atoms with Crippen LogP contribution < -0.4 is 5.32 Å². The number of nitrogens with one attached hydrogen (secondary N) is 1. The Morgan fingerprint density at radius 3 is 2.81 bits per heavy atom. The number of hydrogen-bond acceptors (Lipinski definition) is 4. The zero-order valence-corrected chi connectivity index (χ0v) is 16.3. The Balaban J connectivity index is 1.81. The fraction of sp³-hybridized carbons (Fsp3) is 0.238. The van der Waals surface area contributed by atoms with Crippen LogP contribution in [-0.2, 0) is 9.53 Å². The average molecular weight is 382 g/mol. The number of carbonyl (C=O) groups excluding carboxylic acids is 1. The molecule has 3 rings (SSSR count). The van der Waals surface area contributed by atoms with Gasteiger partial charge in [-0.1, -0.05) is 24.3 Å². The number of hydrogen-bond donors (Lipinski definition) is 1. The molecule has 0 aliphatic heterocycles. The lowest BCUT2D eigenvalue weighted by molar-refractivity contribution is -0.117. The molecule has 0 saturated heterocycles. The molecule has 1 unspecified atom stereocenters. The van der Waals surface area contributed by atoms with E-state index in [1.165, 1.54) is 0 Å². The van der Waals surface area contributed by atoms with Gasteiger partial charge in [-0.05, 0) is 43.0 Å². The molecule has 0 bridgehead atoms. The lowest BCUT2D eigenvalue weighted by atomic mass is 10.2. The quantitative estimate of drug-likeness (QED) is 0.596. The van der Waals surface area contributed by atoms with E-state index in [0.29, 0.717) is 6.61 Å². The number of rotatable bonds is 8. The van der Waals surface area contributed by atoms with Crippen molar-refractivity contribution in [1.29, 1.82) is 0 Å². The minimum Gasteiger partial charge on any atom is -0.385 e. The van der Waals surface area contributed by atoms with Crippen LogP contribution in [0.4, 0.5) is 0 Å². The number of ether oxygens (including phenoxy) is 1. The minimum atomic E-state index is -0.122. The summed E-state index contributed by atoms with van der Waals surface area (Å²) in [6.07, 6.45) is 6.11. The molecule has 0 spiro atoms. The third-order valence-corrected chi connectivity index (χ3v) is 4.95. The van der Waals surface area contributed by atoms with E-state index in [0.717, 1.165) is 28.2 Å². The van der Waals surface area contributed by atoms with Gasteiger partial charge in [-0.2, -0.15) is 5.10 Å². The van der Waals surface area contributed by atoms with E-state index in [4.69, 9.17) is 9.84 Å². The maximum atomic E-state index is 12.2. The second kappa shape index (κ2) is 9.30. The van der Waals surface area contributed by atoms with Gasteiger partial charge in [0.1, 0.15) is 5.69 Å². The van der Waals surface area contributed by atoms with Gasteiger partial charge >= 0.3 is 0 Å². The summed E-state index contributed by atoms with van der Waals surface area (Å²) in [5, 5.41) is 9.70. The molecule has 2 heterocycles. The van der Waals surface area contributed by atoms with Crippen LogP contribution in [0.2, 0.25) is 0 Å². The number of carbonyl (C=O) groups is 1. The number of aromatic nitrogens is 2. The van der Waals surface area contributed by atoms with Gasteiger partial charge in [-0.3, -0.25) is 4.79 Å². The summed E-state index contributed by atoms with van der Waals surface area (Å²) in [4.78, 5) is 13.3. The molecule has 5 nitrogen and oxygen atoms in total. The molecule has 27 heavy (non-hydrogen) atoms. The summed E-state index contributed by atoms with van der Waals surface area (Å²) in [6.45, 7) is 2.59. The highest BCUT2D eigenvalue weighted by molar-refractivity contribution is 7.13. The Morgan fingerprint density at radius 1 is 1.30 bits per heavy atom. The molecule has 1 amide bonds. The molecule has 0 aliphatic carbocycles. The van der Waals surface area contributed by atoms with Crippen molar-refractivity contribution in [2.75, 3.05) is 13.7 Å². The van der Waals surface area contributed by atoms with Crippen molar-refractivity contribution < 1.29 is 9.53 Å². The van der Waals surface area contributed by atoms with Crippen LogP contribution in [0.3, 0.4) is 0 Å². The van der Waals surface area contributed by atoms with Crippen LogP contribution in [0.25, 0.3) is 22.3 Å². The van der Waals surface area contributed by atoms with Crippen LogP contribution in [0.5, 0.6) is 0 Å². The van der Waals surface area contributed by atoms with Gasteiger partial charge in [0, 0.05) is 37.6 Å². The number of benzene rings is 1. The number of thiophene rings is 1. The van der Waals surface area contributed by atoms with Crippen LogP contribution >= 0.6 is 11.3 Å². The van der Waals surface area contributed by atoms with Gasteiger partial charge in [-0.15, -0.1) is 11.3 Å². The third kappa shape index (κ3) is 5.15. The lowest BCUT2D eigenvalue weighted by Crippen LogP contribution is -2.31. The lowest BCUT2D eigenvalue weighted by Gasteiger charge is -2.11. The van der Waals surface area contributed by atoms with Gasteiger partial charge < -0.3 is 10.1 Å². The predicted octanol–water partition coefficient (Wildman–Crippen LogP) is 4.16. The zero-order valence-electron chi connectivity index (χ0n) is 15.5. The molecule has 1 aromatic carbocycles. The summed E-state index contributed by atoms with van der Waals surface area (Å²) in [6, 6.07) is 14.0. The van der Waals surface area contributed by atoms with Crippen molar-refractivity contribution in [3.63, 3.8) is 0 Å². The molecule has 0 aliphatic rings. The van der Waals surface area contributed by atoms with Gasteiger partial charge in [0.2, 0.25) is 5.91 Å². The van der Waals surface area contributed by atoms with Crippen molar-refractivity contribution in [2.24, 2.45) is 0 Å². The van der Waals surface area contributed by atoms with E-state index in [1.54, 1.807) is 24.5 Å². The first-order valence-electron chi connectivity index (χ1n) is 8.84. The first-order valence-corrected chi connectivity index (χ1v) is 9.72. The summed E-state index contributed by atoms with van der Waals surface area (Å²) in [5.74, 6) is -0.122. The largest absolute Gasteiger partial charge is 0.385 e. The van der Waals surface area contributed by atoms with E-state index < -0.39 is 0 Å². The number of nitrogens with zero attached hydrogens (tertiary/aromatic N) is 2. The monoisotopic (exact) mass is 381 g/mol. The number of amides is 1. The highest BCUT2D eigenvalue weighted by Gasteiger charge is 2.12. The second-order valence-electron chi connectivity index (χ2n) is 6.21. The van der Waals surface area contributed by atoms with Crippen molar-refractivity contribution in [3.05, 3.63) is 65.7 Å². The molecule has 140 valence electrons. The fourth-order valence-electron chi connectivity index (χ4n) is 2.65. The zero-order chi connectivity index (χ0) is 19.1. The number of methoxy groups -OCH3 is 1. The molecule has 1 atom stereocenters. The maximum Gasteiger partial charge on any atom is 0.244 e. The summed E-state index contributed by atoms with van der Waals surface area (Å²) < 4.78 is 6.89. The highest BCUT2D eigenvalue weighted by atomic mass is 32.1. The van der Waals surface area contributed by atoms with Crippen LogP contribution in [0.1, 0.15) is 18.9 Å². The molecule has 1 N–H and O–H groups in total. The summed E-state index contributed by atoms with van der Waals surface area (Å²) in [7, 11) is 1.66. The smallest absolute Gasteiger partial charge is 0.244 e. The summed E-state index contributed by atoms with van der Waals surface area (Å²) in [5.41, 5.74) is 2.75. The summed E-state index contributed by atoms with van der Waals surface area (Å²) >= 11 is 1.63. The van der Waals surface area contributed by atoms with Crippen molar-refractivity contribution in [3.8, 4) is 16.3 Å². The van der Waals surface area contributed by atoms with Crippen molar-refractivity contribution in [1.82, 2.24) is 15.1 Å². The van der Waals surface area contributed by atoms with Gasteiger partial charge in [0.25, 0.3) is 0 Å². The SMILES string of the molecule is COCCC(C)NC(=O)/C=C/c1cn(-c2ccccc2)nc1-c1cccs1. The topological polar surface area (TPSA) is 56.1 Å². The van der Waals surface area contributed by atoms with E-state index in [2.05, 4.69) is 5.32 Å². The van der Waals surface area contributed by atoms with E-state index in [1.807, 2.05) is 71.7 Å². The normalized spacial score (nSPS) is 12.4. The fourth-order valence-corrected chi connectivity index (χ4v) is 3.38. The molecular formula is C21H23N3O2S. The molecule has 0 radical (unpaired) electrons. The van der Waals surface area contributed by atoms with Crippen LogP contribution in [0, 0.1) is 0 Å². The first kappa shape index (κ1) is 19.1. The van der Waals surface area contributed by atoms with E-state index in [9.17, 15) is 4.79 Å². The Hall–Kier alpha value is -2.70. The number of para-hydroxylation sites is 1. The van der Waals surface area contributed by atoms with Gasteiger partial charge in [-0.25, -0.2) is 4.68 Å². The van der Waals surface area contributed by atoms with E-state index >= 15 is 0 Å². The molecule has 3 aromatic rings. The molecule has 0 saturated carbocycles. The van der Waals surface area contributed by atoms with Crippen LogP contribution in [0.15, 0.2) is 60.1 Å². The third-order valence-electron chi connectivity index (χ3n) is 4.08. The van der Waals surface area contributed by atoms with E-state index in [-0.39, 0.29) is 11.9 Å². The second-order valence-corrected chi connectivity index (χ2v) is 7.16. The first-order chi connectivity index (χ1) is 13.2. The van der Waals surface area contributed by atoms with Crippen molar-refractivity contribution >= 4 is 23.3 Å². The van der Waals surface area contributed by atoms with Crippen molar-refractivity contribution in [2.45, 2.75) is 19.4 Å². The molecule has 0 fully saturated rings. The standard InChI is InChI=1S/C21H23N3O2S/c1-16(12-13-26-2)22-20(25)11-10-17-15-24(18-7-4-3-5-8-18)23-21(17)19-9-6-14-27-19/h3-11,14-16H,12-13H2,1-2H3,(H,22,25)/b11-10+. The Morgan fingerprint density at radius 2 is 2.11 bits per heavy atom. The van der Waals surface area contributed by atoms with Gasteiger partial charge in [0.05, 0.1) is 10.6 Å².